The molecule has 0 bridgehead atoms. The number of hydrogen-bond acceptors (Lipinski definition) is 7. The summed E-state index contributed by atoms with van der Waals surface area (Å²) in [6, 6.07) is 4.45. The summed E-state index contributed by atoms with van der Waals surface area (Å²) >= 11 is 0. The Labute approximate surface area is 213 Å². The monoisotopic (exact) mass is 486 g/mol. The number of ether oxygens (including phenoxy) is 1. The summed E-state index contributed by atoms with van der Waals surface area (Å²) < 4.78 is 5.71. The first-order valence-corrected chi connectivity index (χ1v) is 12.8. The molecule has 0 radical (unpaired) electrons. The van der Waals surface area contributed by atoms with Crippen molar-refractivity contribution < 1.29 is 9.53 Å². The third-order valence-corrected chi connectivity index (χ3v) is 7.21. The van der Waals surface area contributed by atoms with Gasteiger partial charge in [-0.15, -0.1) is 0 Å². The van der Waals surface area contributed by atoms with Crippen molar-refractivity contribution in [1.29, 1.82) is 5.26 Å². The molecule has 3 aliphatic rings. The maximum Gasteiger partial charge on any atom is 0.410 e. The Morgan fingerprint density at radius 3 is 2.61 bits per heavy atom. The summed E-state index contributed by atoms with van der Waals surface area (Å²) in [6.45, 7) is 13.3. The molecule has 1 atom stereocenters. The van der Waals surface area contributed by atoms with E-state index in [1.54, 1.807) is 12.3 Å². The van der Waals surface area contributed by atoms with Crippen LogP contribution in [0.5, 0.6) is 0 Å². The minimum atomic E-state index is -0.532. The van der Waals surface area contributed by atoms with Crippen molar-refractivity contribution in [1.82, 2.24) is 20.1 Å². The standard InChI is InChI=1S/C28H34N6O2/c1-6-18-13-22(32-30-15-18)24-17(2)21(14-29)26(31-25(24)20-9-10-20)33-11-12-34(23(16-33)19-7-8-19)27(35)36-28(3,4)5/h6,13,15,19-20,23H,1,7-12,16H2,2-5H3/t23-/m0/s1. The Morgan fingerprint density at radius 2 is 2.00 bits per heavy atom. The smallest absolute Gasteiger partial charge is 0.410 e. The van der Waals surface area contributed by atoms with Crippen LogP contribution in [0.4, 0.5) is 10.6 Å². The number of pyridine rings is 1. The van der Waals surface area contributed by atoms with Gasteiger partial charge in [-0.25, -0.2) is 9.78 Å². The predicted molar refractivity (Wildman–Crippen MR) is 138 cm³/mol. The Bertz CT molecular complexity index is 1240. The number of nitrogens with zero attached hydrogens (tertiary/aromatic N) is 6. The average molecular weight is 487 g/mol. The van der Waals surface area contributed by atoms with Crippen molar-refractivity contribution in [2.75, 3.05) is 24.5 Å². The lowest BCUT2D eigenvalue weighted by atomic mass is 9.95. The molecule has 3 fully saturated rings. The maximum atomic E-state index is 13.0. The molecule has 0 N–H and O–H groups in total. The number of carbonyl (C=O) groups is 1. The Balaban J connectivity index is 1.51. The lowest BCUT2D eigenvalue weighted by molar-refractivity contribution is 0.0116. The fraction of sp³-hybridized carbons (Fsp3) is 0.536. The number of carbonyl (C=O) groups excluding carboxylic acids is 1. The van der Waals surface area contributed by atoms with E-state index >= 15 is 0 Å². The topological polar surface area (TPSA) is 95.2 Å². The van der Waals surface area contributed by atoms with Gasteiger partial charge in [0, 0.05) is 31.1 Å². The van der Waals surface area contributed by atoms with Gasteiger partial charge in [-0.05, 0) is 76.5 Å². The number of amides is 1. The molecule has 2 saturated carbocycles. The Kier molecular flexibility index (Phi) is 6.19. The first-order valence-electron chi connectivity index (χ1n) is 12.8. The van der Waals surface area contributed by atoms with Crippen LogP contribution in [-0.2, 0) is 4.74 Å². The van der Waals surface area contributed by atoms with Crippen LogP contribution in [0.3, 0.4) is 0 Å². The van der Waals surface area contributed by atoms with E-state index < -0.39 is 5.60 Å². The first-order chi connectivity index (χ1) is 17.2. The lowest BCUT2D eigenvalue weighted by Crippen LogP contribution is -2.57. The number of anilines is 1. The van der Waals surface area contributed by atoms with E-state index in [1.807, 2.05) is 38.7 Å². The van der Waals surface area contributed by atoms with Crippen molar-refractivity contribution in [3.05, 3.63) is 41.2 Å². The van der Waals surface area contributed by atoms with E-state index in [9.17, 15) is 10.1 Å². The number of nitriles is 1. The van der Waals surface area contributed by atoms with Crippen molar-refractivity contribution in [2.24, 2.45) is 5.92 Å². The summed E-state index contributed by atoms with van der Waals surface area (Å²) in [5, 5.41) is 18.8. The van der Waals surface area contributed by atoms with Gasteiger partial charge < -0.3 is 14.5 Å². The van der Waals surface area contributed by atoms with Crippen LogP contribution >= 0.6 is 0 Å². The van der Waals surface area contributed by atoms with Crippen LogP contribution in [0.2, 0.25) is 0 Å². The molecule has 36 heavy (non-hydrogen) atoms. The van der Waals surface area contributed by atoms with Crippen LogP contribution in [0, 0.1) is 24.2 Å². The SMILES string of the molecule is C=Cc1cnnc(-c2c(C3CC3)nc(N3CCN(C(=O)OC(C)(C)C)[C@H](C4CC4)C3)c(C#N)c2C)c1. The molecule has 2 aliphatic carbocycles. The van der Waals surface area contributed by atoms with Crippen LogP contribution in [0.25, 0.3) is 17.3 Å². The largest absolute Gasteiger partial charge is 0.444 e. The van der Waals surface area contributed by atoms with Gasteiger partial charge in [0.15, 0.2) is 0 Å². The number of rotatable bonds is 5. The van der Waals surface area contributed by atoms with E-state index in [-0.39, 0.29) is 12.1 Å². The van der Waals surface area contributed by atoms with Gasteiger partial charge in [0.1, 0.15) is 17.5 Å². The summed E-state index contributed by atoms with van der Waals surface area (Å²) in [6.07, 6.45) is 7.56. The number of hydrogen-bond donors (Lipinski definition) is 0. The highest BCUT2D eigenvalue weighted by Gasteiger charge is 2.43. The number of aromatic nitrogens is 3. The van der Waals surface area contributed by atoms with Gasteiger partial charge in [0.25, 0.3) is 0 Å². The molecule has 188 valence electrons. The molecule has 0 spiro atoms. The molecule has 0 aromatic carbocycles. The van der Waals surface area contributed by atoms with E-state index in [0.717, 1.165) is 59.6 Å². The fourth-order valence-corrected chi connectivity index (χ4v) is 5.10. The molecule has 8 nitrogen and oxygen atoms in total. The highest BCUT2D eigenvalue weighted by Crippen LogP contribution is 2.46. The Hall–Kier alpha value is -3.47. The molecule has 0 unspecified atom stereocenters. The van der Waals surface area contributed by atoms with E-state index in [4.69, 9.17) is 9.72 Å². The molecule has 3 heterocycles. The summed E-state index contributed by atoms with van der Waals surface area (Å²) in [7, 11) is 0. The zero-order valence-electron chi connectivity index (χ0n) is 21.6. The van der Waals surface area contributed by atoms with E-state index in [1.165, 1.54) is 0 Å². The first kappa shape index (κ1) is 24.2. The summed E-state index contributed by atoms with van der Waals surface area (Å²) in [5.74, 6) is 1.55. The van der Waals surface area contributed by atoms with Gasteiger partial charge in [-0.2, -0.15) is 15.5 Å². The second kappa shape index (κ2) is 9.20. The molecular formula is C28H34N6O2. The van der Waals surface area contributed by atoms with Crippen molar-refractivity contribution in [2.45, 2.75) is 70.9 Å². The molecule has 1 aliphatic heterocycles. The quantitative estimate of drug-likeness (QED) is 0.582. The molecule has 1 amide bonds. The van der Waals surface area contributed by atoms with Crippen LogP contribution in [0.15, 0.2) is 18.8 Å². The van der Waals surface area contributed by atoms with Gasteiger partial charge in [-0.3, -0.25) is 0 Å². The highest BCUT2D eigenvalue weighted by atomic mass is 16.6. The third-order valence-electron chi connectivity index (χ3n) is 7.21. The van der Waals surface area contributed by atoms with Crippen LogP contribution in [-0.4, -0.2) is 57.5 Å². The van der Waals surface area contributed by atoms with Gasteiger partial charge >= 0.3 is 6.09 Å². The summed E-state index contributed by atoms with van der Waals surface area (Å²) in [5.41, 5.74) is 4.45. The Morgan fingerprint density at radius 1 is 1.25 bits per heavy atom. The van der Waals surface area contributed by atoms with E-state index in [2.05, 4.69) is 27.7 Å². The minimum absolute atomic E-state index is 0.0569. The second-order valence-corrected chi connectivity index (χ2v) is 11.2. The zero-order chi connectivity index (χ0) is 25.6. The average Bonchev–Trinajstić information content (AvgIpc) is 3.75. The molecule has 5 rings (SSSR count). The molecule has 8 heteroatoms. The second-order valence-electron chi connectivity index (χ2n) is 11.2. The number of piperazine rings is 1. The van der Waals surface area contributed by atoms with E-state index in [0.29, 0.717) is 37.0 Å². The van der Waals surface area contributed by atoms with Crippen LogP contribution in [0.1, 0.15) is 74.8 Å². The molecule has 2 aromatic heterocycles. The normalized spacial score (nSPS) is 20.1. The van der Waals surface area contributed by atoms with Crippen molar-refractivity contribution in [3.8, 4) is 17.3 Å². The maximum absolute atomic E-state index is 13.0. The minimum Gasteiger partial charge on any atom is -0.444 e. The van der Waals surface area contributed by atoms with Gasteiger partial charge in [-0.1, -0.05) is 12.7 Å². The highest BCUT2D eigenvalue weighted by molar-refractivity contribution is 5.76. The fourth-order valence-electron chi connectivity index (χ4n) is 5.10. The lowest BCUT2D eigenvalue weighted by Gasteiger charge is -2.43. The van der Waals surface area contributed by atoms with Gasteiger partial charge in [0.2, 0.25) is 0 Å². The van der Waals surface area contributed by atoms with Crippen LogP contribution < -0.4 is 4.90 Å². The third kappa shape index (κ3) is 4.79. The molecule has 2 aromatic rings. The van der Waals surface area contributed by atoms with Gasteiger partial charge in [0.05, 0.1) is 29.2 Å². The summed E-state index contributed by atoms with van der Waals surface area (Å²) in [4.78, 5) is 22.2. The molecule has 1 saturated heterocycles. The van der Waals surface area contributed by atoms with Crippen molar-refractivity contribution >= 4 is 18.0 Å². The zero-order valence-corrected chi connectivity index (χ0v) is 21.6. The van der Waals surface area contributed by atoms with Crippen molar-refractivity contribution in [3.63, 3.8) is 0 Å². The predicted octanol–water partition coefficient (Wildman–Crippen LogP) is 5.07. The molecular weight excluding hydrogens is 452 g/mol.